The molecule has 1 saturated heterocycles. The van der Waals surface area contributed by atoms with Crippen molar-refractivity contribution in [2.24, 2.45) is 5.28 Å². The first-order valence-corrected chi connectivity index (χ1v) is 3.57. The van der Waals surface area contributed by atoms with Crippen molar-refractivity contribution in [2.75, 3.05) is 6.61 Å². The Hall–Kier alpha value is -0.975. The Kier molecular flexibility index (Phi) is 3.35. The molecule has 1 N–H and O–H groups in total. The molecule has 0 aliphatic carbocycles. The van der Waals surface area contributed by atoms with Crippen molar-refractivity contribution in [3.63, 3.8) is 0 Å². The van der Waals surface area contributed by atoms with Gasteiger partial charge in [0, 0.05) is 4.91 Å². The van der Waals surface area contributed by atoms with Gasteiger partial charge in [-0.25, -0.2) is 4.39 Å². The van der Waals surface area contributed by atoms with Crippen molar-refractivity contribution in [1.29, 1.82) is 0 Å². The van der Waals surface area contributed by atoms with Crippen LogP contribution in [0.2, 0.25) is 0 Å². The Morgan fingerprint density at radius 1 is 1.77 bits per heavy atom. The number of hydrogen-bond donors (Lipinski definition) is 1. The van der Waals surface area contributed by atoms with E-state index in [0.29, 0.717) is 0 Å². The lowest BCUT2D eigenvalue weighted by Gasteiger charge is -2.14. The second kappa shape index (κ2) is 4.31. The molecule has 2 unspecified atom stereocenters. The van der Waals surface area contributed by atoms with Gasteiger partial charge in [-0.3, -0.25) is 0 Å². The van der Waals surface area contributed by atoms with Gasteiger partial charge < -0.3 is 14.7 Å². The molecule has 8 heteroatoms. The Labute approximate surface area is 74.6 Å². The van der Waals surface area contributed by atoms with E-state index in [9.17, 15) is 4.39 Å². The maximum Gasteiger partial charge on any atom is 0.169 e. The van der Waals surface area contributed by atoms with Crippen LogP contribution in [0.15, 0.2) is 5.28 Å². The Balaban J connectivity index is 2.61. The van der Waals surface area contributed by atoms with E-state index in [-0.39, 0.29) is 0 Å². The van der Waals surface area contributed by atoms with Crippen LogP contribution in [0.1, 0.15) is 0 Å². The minimum atomic E-state index is -1.61. The van der Waals surface area contributed by atoms with Crippen LogP contribution in [-0.4, -0.2) is 43.9 Å². The van der Waals surface area contributed by atoms with Crippen molar-refractivity contribution >= 4 is 7.85 Å². The highest BCUT2D eigenvalue weighted by atomic mass is 19.1. The van der Waals surface area contributed by atoms with E-state index in [2.05, 4.69) is 15.0 Å². The van der Waals surface area contributed by atoms with E-state index >= 15 is 0 Å². The van der Waals surface area contributed by atoms with Crippen LogP contribution < -0.4 is 0 Å². The Morgan fingerprint density at radius 3 is 3.00 bits per heavy atom. The summed E-state index contributed by atoms with van der Waals surface area (Å²) in [5, 5.41) is 11.4. The van der Waals surface area contributed by atoms with E-state index in [1.807, 2.05) is 0 Å². The molecule has 1 heterocycles. The predicted molar refractivity (Wildman–Crippen MR) is 40.4 cm³/mol. The fraction of sp³-hybridized carbons (Fsp3) is 1.00. The van der Waals surface area contributed by atoms with Gasteiger partial charge in [-0.1, -0.05) is 0 Å². The average molecular weight is 187 g/mol. The summed E-state index contributed by atoms with van der Waals surface area (Å²) in [7, 11) is 5.18. The third-order valence-corrected chi connectivity index (χ3v) is 1.71. The van der Waals surface area contributed by atoms with Crippen LogP contribution in [0.5, 0.6) is 0 Å². The monoisotopic (exact) mass is 187 g/mol. The molecule has 0 aromatic heterocycles. The van der Waals surface area contributed by atoms with Crippen LogP contribution in [0, 0.1) is 0 Å². The zero-order valence-corrected chi connectivity index (χ0v) is 6.58. The summed E-state index contributed by atoms with van der Waals surface area (Å²) in [5.41, 5.74) is 7.91. The summed E-state index contributed by atoms with van der Waals surface area (Å²) < 4.78 is 17.8. The first kappa shape index (κ1) is 10.1. The van der Waals surface area contributed by atoms with Crippen molar-refractivity contribution in [3.8, 4) is 0 Å². The van der Waals surface area contributed by atoms with Crippen molar-refractivity contribution < 1.29 is 19.1 Å². The molecule has 1 rings (SSSR count). The number of ether oxygens (including phenoxy) is 1. The normalized spacial score (nSPS) is 38.3. The van der Waals surface area contributed by atoms with E-state index < -0.39 is 31.0 Å². The molecule has 0 aromatic rings. The van der Waals surface area contributed by atoms with Crippen LogP contribution in [0.3, 0.4) is 0 Å². The fourth-order valence-electron chi connectivity index (χ4n) is 1.09. The largest absolute Gasteiger partial charge is 0.424 e. The lowest BCUT2D eigenvalue weighted by Crippen LogP contribution is -2.32. The Bertz CT molecular complexity index is 225. The molecule has 0 saturated carbocycles. The van der Waals surface area contributed by atoms with E-state index in [0.717, 1.165) is 0 Å². The molecule has 1 aliphatic heterocycles. The molecular formula is C5H7BFN3O3. The van der Waals surface area contributed by atoms with E-state index in [4.69, 9.17) is 23.2 Å². The first-order chi connectivity index (χ1) is 6.20. The standard InChI is InChI=1S/C5H7BFN3O3/c6-5-3(7)4(13-10-9-8)2(1-11)12-5/h2-5,11H,1H2/t2?,3-,4?,5+/m0/s1. The quantitative estimate of drug-likeness (QED) is 0.218. The van der Waals surface area contributed by atoms with Gasteiger partial charge in [-0.05, 0) is 5.53 Å². The van der Waals surface area contributed by atoms with E-state index in [1.54, 1.807) is 0 Å². The van der Waals surface area contributed by atoms with Crippen LogP contribution in [0.25, 0.3) is 10.4 Å². The zero-order chi connectivity index (χ0) is 9.84. The molecule has 0 amide bonds. The lowest BCUT2D eigenvalue weighted by atomic mass is 9.94. The van der Waals surface area contributed by atoms with Gasteiger partial charge in [0.15, 0.2) is 12.3 Å². The number of hydrogen-bond acceptors (Lipinski definition) is 4. The molecule has 4 atom stereocenters. The van der Waals surface area contributed by atoms with Crippen LogP contribution in [-0.2, 0) is 9.57 Å². The molecule has 0 aromatic carbocycles. The summed E-state index contributed by atoms with van der Waals surface area (Å²) in [5.74, 6) is 0. The van der Waals surface area contributed by atoms with Gasteiger partial charge in [0.2, 0.25) is 0 Å². The number of nitrogens with zero attached hydrogens (tertiary/aromatic N) is 3. The number of alkyl halides is 1. The second-order valence-corrected chi connectivity index (χ2v) is 2.51. The molecular weight excluding hydrogens is 180 g/mol. The smallest absolute Gasteiger partial charge is 0.169 e. The predicted octanol–water partition coefficient (Wildman–Crippen LogP) is -0.179. The lowest BCUT2D eigenvalue weighted by molar-refractivity contribution is -0.0448. The first-order valence-electron chi connectivity index (χ1n) is 3.57. The number of aliphatic hydroxyl groups excluding tert-OH is 1. The summed E-state index contributed by atoms with van der Waals surface area (Å²) >= 11 is 0. The minimum absolute atomic E-state index is 0.445. The SMILES string of the molecule is [B][C@@H]1OC(CO)C(ON=[N+]=[N-])[C@@H]1F. The van der Waals surface area contributed by atoms with Gasteiger partial charge >= 0.3 is 0 Å². The van der Waals surface area contributed by atoms with Crippen LogP contribution in [0.4, 0.5) is 4.39 Å². The highest BCUT2D eigenvalue weighted by Gasteiger charge is 2.43. The number of aliphatic hydroxyl groups is 1. The van der Waals surface area contributed by atoms with Crippen molar-refractivity contribution in [1.82, 2.24) is 0 Å². The molecule has 13 heavy (non-hydrogen) atoms. The average Bonchev–Trinajstić information content (AvgIpc) is 2.40. The summed E-state index contributed by atoms with van der Waals surface area (Å²) in [6, 6.07) is -1.16. The molecule has 70 valence electrons. The molecule has 2 radical (unpaired) electrons. The van der Waals surface area contributed by atoms with Gasteiger partial charge in [0.25, 0.3) is 0 Å². The summed E-state index contributed by atoms with van der Waals surface area (Å²) in [4.78, 5) is 6.69. The highest BCUT2D eigenvalue weighted by molar-refractivity contribution is 6.11. The summed E-state index contributed by atoms with van der Waals surface area (Å²) in [6.45, 7) is -0.445. The van der Waals surface area contributed by atoms with Gasteiger partial charge in [0.05, 0.1) is 12.6 Å². The number of halogens is 1. The highest BCUT2D eigenvalue weighted by Crippen LogP contribution is 2.24. The molecule has 1 fully saturated rings. The minimum Gasteiger partial charge on any atom is -0.424 e. The maximum atomic E-state index is 13.1. The van der Waals surface area contributed by atoms with E-state index in [1.165, 1.54) is 0 Å². The van der Waals surface area contributed by atoms with Gasteiger partial charge in [-0.2, -0.15) is 0 Å². The molecule has 1 aliphatic rings. The molecule has 0 spiro atoms. The van der Waals surface area contributed by atoms with Crippen molar-refractivity contribution in [2.45, 2.75) is 24.4 Å². The zero-order valence-electron chi connectivity index (χ0n) is 6.58. The topological polar surface area (TPSA) is 87.5 Å². The number of rotatable bonds is 3. The second-order valence-electron chi connectivity index (χ2n) is 2.51. The Morgan fingerprint density at radius 2 is 2.46 bits per heavy atom. The van der Waals surface area contributed by atoms with Gasteiger partial charge in [-0.15, -0.1) is 0 Å². The van der Waals surface area contributed by atoms with Crippen LogP contribution >= 0.6 is 0 Å². The maximum absolute atomic E-state index is 13.1. The third-order valence-electron chi connectivity index (χ3n) is 1.71. The van der Waals surface area contributed by atoms with Crippen molar-refractivity contribution in [3.05, 3.63) is 10.4 Å². The van der Waals surface area contributed by atoms with Gasteiger partial charge in [0.1, 0.15) is 19.2 Å². The summed E-state index contributed by atoms with van der Waals surface area (Å²) in [6.07, 6.45) is -3.64. The third kappa shape index (κ3) is 2.03. The molecule has 6 nitrogen and oxygen atoms in total. The molecule has 0 bridgehead atoms. The fourth-order valence-corrected chi connectivity index (χ4v) is 1.09. The number of azide groups is 1.